The lowest BCUT2D eigenvalue weighted by Crippen LogP contribution is -2.58. The Morgan fingerprint density at radius 3 is 2.59 bits per heavy atom. The minimum Gasteiger partial charge on any atom is -0.445 e. The van der Waals surface area contributed by atoms with E-state index < -0.39 is 11.8 Å². The number of nitrogens with zero attached hydrogens (tertiary/aromatic N) is 1. The van der Waals surface area contributed by atoms with Crippen molar-refractivity contribution in [2.45, 2.75) is 12.3 Å². The summed E-state index contributed by atoms with van der Waals surface area (Å²) in [5.41, 5.74) is -0.000844. The molecule has 0 bridgehead atoms. The summed E-state index contributed by atoms with van der Waals surface area (Å²) in [6.45, 7) is 0.250. The number of carbonyl (C=O) groups is 1. The maximum Gasteiger partial charge on any atom is 0.410 e. The number of amides is 1. The van der Waals surface area contributed by atoms with Crippen molar-refractivity contribution in [3.05, 3.63) is 70.2 Å². The van der Waals surface area contributed by atoms with Crippen LogP contribution in [0.4, 0.5) is 9.18 Å². The lowest BCUT2D eigenvalue weighted by molar-refractivity contribution is -0.0346. The molecule has 0 N–H and O–H groups in total. The Labute approximate surface area is 136 Å². The molecule has 0 spiro atoms. The van der Waals surface area contributed by atoms with E-state index in [1.807, 2.05) is 36.4 Å². The Kier molecular flexibility index (Phi) is 4.16. The highest BCUT2D eigenvalue weighted by molar-refractivity contribution is 9.10. The molecule has 1 heterocycles. The molecule has 0 aliphatic carbocycles. The van der Waals surface area contributed by atoms with Crippen LogP contribution in [0.2, 0.25) is 0 Å². The van der Waals surface area contributed by atoms with E-state index in [2.05, 4.69) is 15.9 Å². The van der Waals surface area contributed by atoms with Gasteiger partial charge in [-0.15, -0.1) is 0 Å². The van der Waals surface area contributed by atoms with Gasteiger partial charge in [0.05, 0.1) is 13.1 Å². The van der Waals surface area contributed by atoms with Crippen molar-refractivity contribution < 1.29 is 13.9 Å². The molecule has 0 atom stereocenters. The highest BCUT2D eigenvalue weighted by Gasteiger charge is 2.47. The van der Waals surface area contributed by atoms with Crippen LogP contribution in [-0.2, 0) is 17.0 Å². The van der Waals surface area contributed by atoms with Gasteiger partial charge >= 0.3 is 6.09 Å². The summed E-state index contributed by atoms with van der Waals surface area (Å²) in [6.07, 6.45) is -0.480. The summed E-state index contributed by atoms with van der Waals surface area (Å²) in [5, 5.41) is 0. The number of rotatable bonds is 3. The molecule has 2 aromatic carbocycles. The second-order valence-corrected chi connectivity index (χ2v) is 6.29. The van der Waals surface area contributed by atoms with Gasteiger partial charge in [0.15, 0.2) is 5.67 Å². The van der Waals surface area contributed by atoms with E-state index in [9.17, 15) is 9.18 Å². The van der Waals surface area contributed by atoms with Gasteiger partial charge in [0.2, 0.25) is 0 Å². The molecule has 114 valence electrons. The van der Waals surface area contributed by atoms with Gasteiger partial charge in [-0.05, 0) is 23.3 Å². The minimum absolute atomic E-state index is 0.0249. The predicted molar refractivity (Wildman–Crippen MR) is 85.1 cm³/mol. The molecular weight excluding hydrogens is 349 g/mol. The zero-order chi connectivity index (χ0) is 15.6. The van der Waals surface area contributed by atoms with E-state index in [1.165, 1.54) is 4.90 Å². The van der Waals surface area contributed by atoms with E-state index in [1.54, 1.807) is 18.2 Å². The summed E-state index contributed by atoms with van der Waals surface area (Å²) in [5.74, 6) is 0. The van der Waals surface area contributed by atoms with Crippen molar-refractivity contribution in [1.29, 1.82) is 0 Å². The van der Waals surface area contributed by atoms with Crippen LogP contribution in [0.15, 0.2) is 59.1 Å². The highest BCUT2D eigenvalue weighted by Crippen LogP contribution is 2.37. The van der Waals surface area contributed by atoms with Crippen molar-refractivity contribution in [2.24, 2.45) is 0 Å². The van der Waals surface area contributed by atoms with Crippen LogP contribution < -0.4 is 0 Å². The van der Waals surface area contributed by atoms with Gasteiger partial charge in [-0.1, -0.05) is 58.4 Å². The fraction of sp³-hybridized carbons (Fsp3) is 0.235. The quantitative estimate of drug-likeness (QED) is 0.814. The van der Waals surface area contributed by atoms with Crippen molar-refractivity contribution in [3.8, 4) is 0 Å². The zero-order valence-corrected chi connectivity index (χ0v) is 13.4. The number of carbonyl (C=O) groups excluding carboxylic acids is 1. The smallest absolute Gasteiger partial charge is 0.410 e. The fourth-order valence-electron chi connectivity index (χ4n) is 2.45. The second kappa shape index (κ2) is 6.08. The Morgan fingerprint density at radius 1 is 1.18 bits per heavy atom. The lowest BCUT2D eigenvalue weighted by Gasteiger charge is -2.43. The largest absolute Gasteiger partial charge is 0.445 e. The van der Waals surface area contributed by atoms with Gasteiger partial charge in [-0.2, -0.15) is 0 Å². The monoisotopic (exact) mass is 363 g/mol. The number of ether oxygens (including phenoxy) is 1. The van der Waals surface area contributed by atoms with E-state index in [-0.39, 0.29) is 19.7 Å². The fourth-order valence-corrected chi connectivity index (χ4v) is 2.85. The molecule has 22 heavy (non-hydrogen) atoms. The van der Waals surface area contributed by atoms with Crippen molar-refractivity contribution in [1.82, 2.24) is 4.90 Å². The normalized spacial score (nSPS) is 16.0. The Morgan fingerprint density at radius 2 is 1.91 bits per heavy atom. The third kappa shape index (κ3) is 3.14. The van der Waals surface area contributed by atoms with Gasteiger partial charge in [0, 0.05) is 4.47 Å². The van der Waals surface area contributed by atoms with Crippen LogP contribution in [-0.4, -0.2) is 24.1 Å². The van der Waals surface area contributed by atoms with Gasteiger partial charge < -0.3 is 9.64 Å². The lowest BCUT2D eigenvalue weighted by atomic mass is 9.88. The maximum absolute atomic E-state index is 14.7. The predicted octanol–water partition coefficient (Wildman–Crippen LogP) is 4.27. The molecular formula is C17H15BrFNO2. The molecule has 0 radical (unpaired) electrons. The van der Waals surface area contributed by atoms with Crippen molar-refractivity contribution in [3.63, 3.8) is 0 Å². The van der Waals surface area contributed by atoms with E-state index >= 15 is 0 Å². The first-order valence-electron chi connectivity index (χ1n) is 6.97. The minimum atomic E-state index is -1.49. The van der Waals surface area contributed by atoms with Gasteiger partial charge in [0.25, 0.3) is 0 Å². The van der Waals surface area contributed by atoms with Crippen LogP contribution in [0.25, 0.3) is 0 Å². The van der Waals surface area contributed by atoms with Crippen LogP contribution >= 0.6 is 15.9 Å². The van der Waals surface area contributed by atoms with Crippen LogP contribution in [0.1, 0.15) is 11.1 Å². The number of benzene rings is 2. The molecule has 2 aromatic rings. The number of hydrogen-bond donors (Lipinski definition) is 0. The molecule has 1 amide bonds. The first-order valence-corrected chi connectivity index (χ1v) is 7.77. The van der Waals surface area contributed by atoms with E-state index in [0.29, 0.717) is 5.56 Å². The molecule has 3 rings (SSSR count). The summed E-state index contributed by atoms with van der Waals surface area (Å²) in [6, 6.07) is 16.5. The SMILES string of the molecule is O=C(OCc1ccccc1)N1CC(F)(c2cccc(Br)c2)C1. The zero-order valence-electron chi connectivity index (χ0n) is 11.8. The molecule has 1 saturated heterocycles. The van der Waals surface area contributed by atoms with Gasteiger partial charge in [0.1, 0.15) is 6.61 Å². The third-order valence-electron chi connectivity index (χ3n) is 3.69. The molecule has 1 aliphatic heterocycles. The van der Waals surface area contributed by atoms with Crippen molar-refractivity contribution >= 4 is 22.0 Å². The molecule has 5 heteroatoms. The highest BCUT2D eigenvalue weighted by atomic mass is 79.9. The summed E-state index contributed by atoms with van der Waals surface area (Å²) < 4.78 is 20.7. The molecule has 1 aliphatic rings. The van der Waals surface area contributed by atoms with Crippen LogP contribution in [0.5, 0.6) is 0 Å². The topological polar surface area (TPSA) is 29.5 Å². The Bertz CT molecular complexity index is 671. The molecule has 3 nitrogen and oxygen atoms in total. The van der Waals surface area contributed by atoms with Gasteiger partial charge in [-0.25, -0.2) is 9.18 Å². The van der Waals surface area contributed by atoms with Crippen LogP contribution in [0, 0.1) is 0 Å². The summed E-state index contributed by atoms with van der Waals surface area (Å²) in [7, 11) is 0. The van der Waals surface area contributed by atoms with Crippen LogP contribution in [0.3, 0.4) is 0 Å². The third-order valence-corrected chi connectivity index (χ3v) is 4.18. The van der Waals surface area contributed by atoms with Crippen molar-refractivity contribution in [2.75, 3.05) is 13.1 Å². The molecule has 0 unspecified atom stereocenters. The number of hydrogen-bond acceptors (Lipinski definition) is 2. The Hall–Kier alpha value is -1.88. The Balaban J connectivity index is 1.55. The van der Waals surface area contributed by atoms with Gasteiger partial charge in [-0.3, -0.25) is 0 Å². The molecule has 1 fully saturated rings. The van der Waals surface area contributed by atoms with E-state index in [4.69, 9.17) is 4.74 Å². The molecule has 0 saturated carbocycles. The molecule has 0 aromatic heterocycles. The average Bonchev–Trinajstić information content (AvgIpc) is 2.50. The second-order valence-electron chi connectivity index (χ2n) is 5.37. The maximum atomic E-state index is 14.7. The average molecular weight is 364 g/mol. The first kappa shape index (κ1) is 15.0. The number of alkyl halides is 1. The summed E-state index contributed by atoms with van der Waals surface area (Å²) in [4.78, 5) is 13.3. The first-order chi connectivity index (χ1) is 10.6. The number of likely N-dealkylation sites (tertiary alicyclic amines) is 1. The number of halogens is 2. The standard InChI is InChI=1S/C17H15BrFNO2/c18-15-8-4-7-14(9-15)17(19)11-20(12-17)16(21)22-10-13-5-2-1-3-6-13/h1-9H,10-12H2. The van der Waals surface area contributed by atoms with E-state index in [0.717, 1.165) is 10.0 Å². The summed E-state index contributed by atoms with van der Waals surface area (Å²) >= 11 is 3.33.